The molecule has 1 saturated heterocycles. The number of allylic oxidation sites excluding steroid dienone is 2. The third-order valence-electron chi connectivity index (χ3n) is 6.08. The predicted molar refractivity (Wildman–Crippen MR) is 138 cm³/mol. The van der Waals surface area contributed by atoms with Gasteiger partial charge in [-0.2, -0.15) is 5.26 Å². The summed E-state index contributed by atoms with van der Waals surface area (Å²) in [5.41, 5.74) is 2.75. The Bertz CT molecular complexity index is 1090. The van der Waals surface area contributed by atoms with Crippen LogP contribution in [0, 0.1) is 11.3 Å². The van der Waals surface area contributed by atoms with Gasteiger partial charge in [0.05, 0.1) is 11.6 Å². The maximum absolute atomic E-state index is 12.9. The number of nitrogens with one attached hydrogen (secondary N) is 2. The van der Waals surface area contributed by atoms with Gasteiger partial charge in [0, 0.05) is 32.8 Å². The topological polar surface area (TPSA) is 98.1 Å². The molecule has 2 aromatic rings. The molecule has 1 aliphatic carbocycles. The van der Waals surface area contributed by atoms with E-state index in [4.69, 9.17) is 5.26 Å². The van der Waals surface area contributed by atoms with E-state index < -0.39 is 6.04 Å². The van der Waals surface area contributed by atoms with Crippen molar-refractivity contribution in [1.29, 1.82) is 5.26 Å². The summed E-state index contributed by atoms with van der Waals surface area (Å²) in [5.74, 6) is 0.912. The molecule has 0 bridgehead atoms. The zero-order chi connectivity index (χ0) is 25.0. The molecule has 0 radical (unpaired) electrons. The monoisotopic (exact) mass is 471 g/mol. The largest absolute Gasteiger partial charge is 0.346 e. The van der Waals surface area contributed by atoms with Crippen molar-refractivity contribution in [2.24, 2.45) is 0 Å². The quantitative estimate of drug-likeness (QED) is 0.632. The molecule has 182 valence electrons. The van der Waals surface area contributed by atoms with Crippen LogP contribution < -0.4 is 10.6 Å². The van der Waals surface area contributed by atoms with Crippen LogP contribution in [0.15, 0.2) is 72.5 Å². The molecule has 2 unspecified atom stereocenters. The van der Waals surface area contributed by atoms with E-state index in [0.29, 0.717) is 23.8 Å². The molecule has 2 amide bonds. The Hall–Kier alpha value is -3.76. The Morgan fingerprint density at radius 2 is 2.00 bits per heavy atom. The van der Waals surface area contributed by atoms with Gasteiger partial charge in [0.25, 0.3) is 0 Å². The molecule has 1 aromatic carbocycles. The Kier molecular flexibility index (Phi) is 9.76. The van der Waals surface area contributed by atoms with Gasteiger partial charge in [0.2, 0.25) is 11.8 Å². The first kappa shape index (κ1) is 25.9. The lowest BCUT2D eigenvalue weighted by Gasteiger charge is -2.23. The normalized spacial score (nSPS) is 16.4. The summed E-state index contributed by atoms with van der Waals surface area (Å²) in [6.07, 6.45) is 11.6. The second-order valence-corrected chi connectivity index (χ2v) is 8.78. The van der Waals surface area contributed by atoms with Gasteiger partial charge in [0.15, 0.2) is 0 Å². The number of carbonyl (C=O) groups excluding carboxylic acids is 2. The molecule has 2 aliphatic rings. The highest BCUT2D eigenvalue weighted by atomic mass is 16.2. The number of rotatable bonds is 7. The van der Waals surface area contributed by atoms with Crippen molar-refractivity contribution in [3.05, 3.63) is 83.6 Å². The maximum Gasteiger partial charge on any atom is 0.247 e. The number of pyridine rings is 1. The van der Waals surface area contributed by atoms with E-state index in [1.54, 1.807) is 17.2 Å². The fourth-order valence-corrected chi connectivity index (χ4v) is 3.93. The average Bonchev–Trinajstić information content (AvgIpc) is 3.27. The number of benzene rings is 1. The van der Waals surface area contributed by atoms with Crippen LogP contribution in [0.1, 0.15) is 49.7 Å². The van der Waals surface area contributed by atoms with E-state index in [1.165, 1.54) is 0 Å². The van der Waals surface area contributed by atoms with Crippen LogP contribution in [0.3, 0.4) is 0 Å². The molecule has 1 fully saturated rings. The van der Waals surface area contributed by atoms with Gasteiger partial charge in [-0.15, -0.1) is 0 Å². The summed E-state index contributed by atoms with van der Waals surface area (Å²) in [7, 11) is 1.84. The number of aromatic nitrogens is 1. The maximum atomic E-state index is 12.9. The standard InChI is InChI=1S/C23H24N4O.C5H9NO/c1-17(19-12-10-18(15-24)11-13-19)16-26-22(20-7-3-2-4-8-20)23(28)27-21-9-5-6-14-25-21;1-6-4-2-3-5(6)7/h3,5-14,17,22,26H,2,4,16H2,1H3,(H,25,27,28);2-4H2,1H3. The minimum absolute atomic E-state index is 0.122. The van der Waals surface area contributed by atoms with Crippen molar-refractivity contribution in [3.63, 3.8) is 0 Å². The Balaban J connectivity index is 0.000000420. The smallest absolute Gasteiger partial charge is 0.247 e. The first-order valence-corrected chi connectivity index (χ1v) is 12.0. The lowest BCUT2D eigenvalue weighted by molar-refractivity contribution is -0.126. The SMILES string of the molecule is CC(CNC(C(=O)Nc1ccccn1)C1=CCCC=C1)c1ccc(C#N)cc1.CN1CCCC1=O. The van der Waals surface area contributed by atoms with E-state index >= 15 is 0 Å². The molecule has 4 rings (SSSR count). The number of hydrogen-bond donors (Lipinski definition) is 2. The van der Waals surface area contributed by atoms with Crippen molar-refractivity contribution in [3.8, 4) is 6.07 Å². The van der Waals surface area contributed by atoms with Crippen molar-refractivity contribution in [2.75, 3.05) is 25.5 Å². The first-order valence-electron chi connectivity index (χ1n) is 12.0. The summed E-state index contributed by atoms with van der Waals surface area (Å²) < 4.78 is 0. The van der Waals surface area contributed by atoms with E-state index in [1.807, 2.05) is 49.5 Å². The minimum Gasteiger partial charge on any atom is -0.346 e. The number of carbonyl (C=O) groups is 2. The summed E-state index contributed by atoms with van der Waals surface area (Å²) in [6.45, 7) is 3.70. The molecular formula is C28H33N5O2. The molecule has 2 atom stereocenters. The van der Waals surface area contributed by atoms with Crippen molar-refractivity contribution >= 4 is 17.6 Å². The molecular weight excluding hydrogens is 438 g/mol. The van der Waals surface area contributed by atoms with Crippen LogP contribution in [0.5, 0.6) is 0 Å². The van der Waals surface area contributed by atoms with Crippen LogP contribution in [0.25, 0.3) is 0 Å². The number of likely N-dealkylation sites (tertiary alicyclic amines) is 1. The van der Waals surface area contributed by atoms with Gasteiger partial charge < -0.3 is 15.5 Å². The van der Waals surface area contributed by atoms with Gasteiger partial charge in [-0.05, 0) is 60.6 Å². The molecule has 7 nitrogen and oxygen atoms in total. The molecule has 1 aliphatic heterocycles. The minimum atomic E-state index is -0.445. The highest BCUT2D eigenvalue weighted by Crippen LogP contribution is 2.18. The third kappa shape index (κ3) is 7.90. The van der Waals surface area contributed by atoms with Crippen molar-refractivity contribution in [1.82, 2.24) is 15.2 Å². The van der Waals surface area contributed by atoms with E-state index in [9.17, 15) is 9.59 Å². The zero-order valence-corrected chi connectivity index (χ0v) is 20.4. The fourth-order valence-electron chi connectivity index (χ4n) is 3.93. The predicted octanol–water partition coefficient (Wildman–Crippen LogP) is 4.17. The molecule has 0 spiro atoms. The van der Waals surface area contributed by atoms with Crippen LogP contribution in [-0.2, 0) is 9.59 Å². The van der Waals surface area contributed by atoms with Crippen molar-refractivity contribution in [2.45, 2.75) is 44.6 Å². The van der Waals surface area contributed by atoms with E-state index in [-0.39, 0.29) is 11.8 Å². The molecule has 0 saturated carbocycles. The van der Waals surface area contributed by atoms with E-state index in [2.05, 4.69) is 40.8 Å². The molecule has 1 aromatic heterocycles. The van der Waals surface area contributed by atoms with Crippen LogP contribution in [0.2, 0.25) is 0 Å². The fraction of sp³-hybridized carbons (Fsp3) is 0.357. The number of nitrogens with zero attached hydrogens (tertiary/aromatic N) is 3. The van der Waals surface area contributed by atoms with Gasteiger partial charge in [-0.3, -0.25) is 9.59 Å². The van der Waals surface area contributed by atoms with Crippen LogP contribution >= 0.6 is 0 Å². The third-order valence-corrected chi connectivity index (χ3v) is 6.08. The summed E-state index contributed by atoms with van der Waals surface area (Å²) >= 11 is 0. The second kappa shape index (κ2) is 13.2. The molecule has 2 heterocycles. The Morgan fingerprint density at radius 3 is 2.54 bits per heavy atom. The highest BCUT2D eigenvalue weighted by Gasteiger charge is 2.23. The van der Waals surface area contributed by atoms with Gasteiger partial charge in [0.1, 0.15) is 11.9 Å². The van der Waals surface area contributed by atoms with Gasteiger partial charge in [-0.1, -0.05) is 43.4 Å². The molecule has 7 heteroatoms. The summed E-state index contributed by atoms with van der Waals surface area (Å²) in [5, 5.41) is 15.3. The lowest BCUT2D eigenvalue weighted by atomic mass is 9.96. The van der Waals surface area contributed by atoms with E-state index in [0.717, 1.165) is 43.4 Å². The number of hydrogen-bond acceptors (Lipinski definition) is 5. The first-order chi connectivity index (χ1) is 17.0. The van der Waals surface area contributed by atoms with Crippen LogP contribution in [0.4, 0.5) is 5.82 Å². The zero-order valence-electron chi connectivity index (χ0n) is 20.4. The Morgan fingerprint density at radius 1 is 1.20 bits per heavy atom. The number of anilines is 1. The highest BCUT2D eigenvalue weighted by molar-refractivity contribution is 5.96. The van der Waals surface area contributed by atoms with Gasteiger partial charge >= 0.3 is 0 Å². The molecule has 35 heavy (non-hydrogen) atoms. The molecule has 2 N–H and O–H groups in total. The summed E-state index contributed by atoms with van der Waals surface area (Å²) in [6, 6.07) is 14.7. The number of nitriles is 1. The number of amides is 2. The van der Waals surface area contributed by atoms with Crippen LogP contribution in [-0.4, -0.2) is 47.9 Å². The lowest BCUT2D eigenvalue weighted by Crippen LogP contribution is -2.43. The summed E-state index contributed by atoms with van der Waals surface area (Å²) in [4.78, 5) is 29.4. The Labute approximate surface area is 207 Å². The van der Waals surface area contributed by atoms with Crippen molar-refractivity contribution < 1.29 is 9.59 Å². The second-order valence-electron chi connectivity index (χ2n) is 8.78. The average molecular weight is 472 g/mol. The van der Waals surface area contributed by atoms with Gasteiger partial charge in [-0.25, -0.2) is 4.98 Å².